The number of nitrogens with zero attached hydrogens (tertiary/aromatic N) is 1. The van der Waals surface area contributed by atoms with E-state index in [1.807, 2.05) is 0 Å². The highest BCUT2D eigenvalue weighted by atomic mass is 16.4. The number of hydrogen-bond donors (Lipinski definition) is 2. The van der Waals surface area contributed by atoms with Crippen molar-refractivity contribution in [1.82, 2.24) is 4.90 Å². The molecule has 0 unspecified atom stereocenters. The number of fused-ring (bicyclic) bond motifs is 1. The molecule has 0 aliphatic rings. The van der Waals surface area contributed by atoms with Gasteiger partial charge in [0.25, 0.3) is 0 Å². The van der Waals surface area contributed by atoms with Crippen molar-refractivity contribution in [3.8, 4) is 0 Å². The number of carbonyl (C=O) groups is 2. The zero-order chi connectivity index (χ0) is 23.5. The molecule has 0 saturated heterocycles. The van der Waals surface area contributed by atoms with Crippen molar-refractivity contribution in [3.05, 3.63) is 120 Å². The standard InChI is InChI=1S/C26H25N.C2H2O4/c1-3-10-22(11-4-1)18-19-27(20-23-12-5-2-6-13-23)21-25-16-9-15-24-14-7-8-17-26(24)25;3-1(4)2(5)6/h1-17H,18-21H2;(H,3,4)(H,5,6). The van der Waals surface area contributed by atoms with Crippen LogP contribution in [0, 0.1) is 0 Å². The predicted octanol–water partition coefficient (Wildman–Crippen LogP) is 5.24. The van der Waals surface area contributed by atoms with Gasteiger partial charge in [-0.2, -0.15) is 0 Å². The van der Waals surface area contributed by atoms with Gasteiger partial charge in [0.1, 0.15) is 0 Å². The zero-order valence-electron chi connectivity index (χ0n) is 18.3. The molecule has 5 heteroatoms. The molecule has 4 rings (SSSR count). The molecule has 33 heavy (non-hydrogen) atoms. The first kappa shape index (κ1) is 23.7. The van der Waals surface area contributed by atoms with Crippen LogP contribution in [0.1, 0.15) is 16.7 Å². The van der Waals surface area contributed by atoms with Crippen LogP contribution in [-0.4, -0.2) is 33.6 Å². The summed E-state index contributed by atoms with van der Waals surface area (Å²) in [5, 5.41) is 17.5. The van der Waals surface area contributed by atoms with Crippen molar-refractivity contribution in [2.75, 3.05) is 6.54 Å². The number of hydrogen-bond acceptors (Lipinski definition) is 3. The van der Waals surface area contributed by atoms with E-state index in [0.717, 1.165) is 26.1 Å². The first-order valence-electron chi connectivity index (χ1n) is 10.8. The van der Waals surface area contributed by atoms with E-state index in [1.165, 1.54) is 27.5 Å². The van der Waals surface area contributed by atoms with Crippen molar-refractivity contribution in [2.45, 2.75) is 19.5 Å². The second kappa shape index (κ2) is 12.2. The molecule has 0 spiro atoms. The highest BCUT2D eigenvalue weighted by Crippen LogP contribution is 2.21. The van der Waals surface area contributed by atoms with Gasteiger partial charge in [-0.1, -0.05) is 103 Å². The molecular weight excluding hydrogens is 414 g/mol. The van der Waals surface area contributed by atoms with Gasteiger partial charge in [0.2, 0.25) is 0 Å². The normalized spacial score (nSPS) is 10.5. The summed E-state index contributed by atoms with van der Waals surface area (Å²) in [6, 6.07) is 36.9. The number of rotatable bonds is 7. The van der Waals surface area contributed by atoms with Crippen LogP contribution < -0.4 is 0 Å². The maximum atomic E-state index is 9.10. The van der Waals surface area contributed by atoms with Crippen molar-refractivity contribution in [1.29, 1.82) is 0 Å². The Morgan fingerprint density at radius 1 is 0.606 bits per heavy atom. The van der Waals surface area contributed by atoms with Crippen molar-refractivity contribution >= 4 is 22.7 Å². The molecule has 0 heterocycles. The molecule has 0 radical (unpaired) electrons. The first-order chi connectivity index (χ1) is 16.0. The van der Waals surface area contributed by atoms with Gasteiger partial charge < -0.3 is 10.2 Å². The third-order valence-electron chi connectivity index (χ3n) is 5.27. The summed E-state index contributed by atoms with van der Waals surface area (Å²) in [7, 11) is 0. The van der Waals surface area contributed by atoms with E-state index in [9.17, 15) is 0 Å². The molecule has 0 aromatic heterocycles. The summed E-state index contributed by atoms with van der Waals surface area (Å²) in [6.07, 6.45) is 1.07. The number of benzene rings is 4. The summed E-state index contributed by atoms with van der Waals surface area (Å²) in [5.74, 6) is -3.65. The first-order valence-corrected chi connectivity index (χ1v) is 10.8. The minimum atomic E-state index is -1.82. The fourth-order valence-corrected chi connectivity index (χ4v) is 3.66. The predicted molar refractivity (Wildman–Crippen MR) is 130 cm³/mol. The molecular formula is C28H27NO4. The van der Waals surface area contributed by atoms with Crippen LogP contribution in [0.4, 0.5) is 0 Å². The molecule has 0 saturated carbocycles. The monoisotopic (exact) mass is 441 g/mol. The summed E-state index contributed by atoms with van der Waals surface area (Å²) in [4.78, 5) is 20.8. The fourth-order valence-electron chi connectivity index (χ4n) is 3.66. The van der Waals surface area contributed by atoms with Gasteiger partial charge in [0.15, 0.2) is 0 Å². The molecule has 5 nitrogen and oxygen atoms in total. The summed E-state index contributed by atoms with van der Waals surface area (Å²) >= 11 is 0. The van der Waals surface area contributed by atoms with Crippen LogP contribution in [-0.2, 0) is 29.1 Å². The maximum Gasteiger partial charge on any atom is 0.414 e. The summed E-state index contributed by atoms with van der Waals surface area (Å²) < 4.78 is 0. The quantitative estimate of drug-likeness (QED) is 0.384. The minimum absolute atomic E-state index is 0.961. The Labute approximate surface area is 193 Å². The largest absolute Gasteiger partial charge is 0.473 e. The average Bonchev–Trinajstić information content (AvgIpc) is 2.84. The lowest BCUT2D eigenvalue weighted by Gasteiger charge is -2.23. The molecule has 2 N–H and O–H groups in total. The van der Waals surface area contributed by atoms with Crippen LogP contribution >= 0.6 is 0 Å². The Morgan fingerprint density at radius 3 is 1.79 bits per heavy atom. The van der Waals surface area contributed by atoms with E-state index >= 15 is 0 Å². The smallest absolute Gasteiger partial charge is 0.414 e. The second-order valence-electron chi connectivity index (χ2n) is 7.68. The van der Waals surface area contributed by atoms with Gasteiger partial charge >= 0.3 is 11.9 Å². The van der Waals surface area contributed by atoms with Crippen molar-refractivity contribution in [3.63, 3.8) is 0 Å². The lowest BCUT2D eigenvalue weighted by molar-refractivity contribution is -0.159. The Balaban J connectivity index is 0.000000454. The Bertz CT molecular complexity index is 1160. The Morgan fingerprint density at radius 2 is 1.15 bits per heavy atom. The highest BCUT2D eigenvalue weighted by molar-refractivity contribution is 6.27. The third-order valence-corrected chi connectivity index (χ3v) is 5.27. The van der Waals surface area contributed by atoms with E-state index in [4.69, 9.17) is 19.8 Å². The molecule has 168 valence electrons. The van der Waals surface area contributed by atoms with Crippen LogP contribution in [0.15, 0.2) is 103 Å². The molecule has 0 amide bonds. The van der Waals surface area contributed by atoms with Crippen LogP contribution in [0.2, 0.25) is 0 Å². The molecule has 0 fully saturated rings. The topological polar surface area (TPSA) is 77.8 Å². The minimum Gasteiger partial charge on any atom is -0.473 e. The Hall–Kier alpha value is -3.96. The molecule has 0 aliphatic carbocycles. The fraction of sp³-hybridized carbons (Fsp3) is 0.143. The van der Waals surface area contributed by atoms with Gasteiger partial charge in [-0.05, 0) is 33.9 Å². The lowest BCUT2D eigenvalue weighted by Crippen LogP contribution is -2.25. The van der Waals surface area contributed by atoms with E-state index < -0.39 is 11.9 Å². The molecule has 0 bridgehead atoms. The molecule has 0 atom stereocenters. The van der Waals surface area contributed by atoms with Crippen molar-refractivity contribution in [2.24, 2.45) is 0 Å². The molecule has 4 aromatic carbocycles. The SMILES string of the molecule is O=C(O)C(=O)O.c1ccc(CCN(Cc2ccccc2)Cc2cccc3ccccc23)cc1. The van der Waals surface area contributed by atoms with E-state index in [-0.39, 0.29) is 0 Å². The van der Waals surface area contributed by atoms with Crippen LogP contribution in [0.3, 0.4) is 0 Å². The molecule has 4 aromatic rings. The third kappa shape index (κ3) is 7.59. The Kier molecular flexibility index (Phi) is 8.74. The number of carboxylic acids is 2. The summed E-state index contributed by atoms with van der Waals surface area (Å²) in [5.41, 5.74) is 4.16. The lowest BCUT2D eigenvalue weighted by atomic mass is 10.0. The number of carboxylic acid groups (broad SMARTS) is 2. The maximum absolute atomic E-state index is 9.10. The summed E-state index contributed by atoms with van der Waals surface area (Å²) in [6.45, 7) is 2.97. The van der Waals surface area contributed by atoms with E-state index in [1.54, 1.807) is 0 Å². The second-order valence-corrected chi connectivity index (χ2v) is 7.68. The van der Waals surface area contributed by atoms with Gasteiger partial charge in [-0.15, -0.1) is 0 Å². The van der Waals surface area contributed by atoms with Crippen LogP contribution in [0.5, 0.6) is 0 Å². The zero-order valence-corrected chi connectivity index (χ0v) is 18.3. The van der Waals surface area contributed by atoms with Gasteiger partial charge in [0, 0.05) is 19.6 Å². The van der Waals surface area contributed by atoms with Gasteiger partial charge in [0.05, 0.1) is 0 Å². The van der Waals surface area contributed by atoms with E-state index in [0.29, 0.717) is 0 Å². The van der Waals surface area contributed by atoms with Crippen molar-refractivity contribution < 1.29 is 19.8 Å². The van der Waals surface area contributed by atoms with Crippen LogP contribution in [0.25, 0.3) is 10.8 Å². The molecule has 0 aliphatic heterocycles. The van der Waals surface area contributed by atoms with E-state index in [2.05, 4.69) is 108 Å². The average molecular weight is 442 g/mol. The highest BCUT2D eigenvalue weighted by Gasteiger charge is 2.10. The van der Waals surface area contributed by atoms with Gasteiger partial charge in [-0.25, -0.2) is 9.59 Å². The van der Waals surface area contributed by atoms with Gasteiger partial charge in [-0.3, -0.25) is 4.90 Å². The number of aliphatic carboxylic acids is 2.